The summed E-state index contributed by atoms with van der Waals surface area (Å²) in [5, 5.41) is 7.66. The zero-order chi connectivity index (χ0) is 20.2. The molecule has 1 atom stereocenters. The van der Waals surface area contributed by atoms with E-state index in [0.29, 0.717) is 12.5 Å². The van der Waals surface area contributed by atoms with E-state index in [1.807, 2.05) is 28.9 Å². The SMILES string of the molecule is CCNC(=NCC(=O)N1CCc2ccccc2C1)N1CCC(c2cnn(C)c2)C1.I. The predicted octanol–water partition coefficient (Wildman–Crippen LogP) is 2.38. The number of guanidine groups is 1. The molecule has 4 rings (SSSR count). The van der Waals surface area contributed by atoms with Crippen LogP contribution in [0.25, 0.3) is 0 Å². The highest BCUT2D eigenvalue weighted by Gasteiger charge is 2.27. The number of benzene rings is 1. The largest absolute Gasteiger partial charge is 0.357 e. The lowest BCUT2D eigenvalue weighted by atomic mass is 10.00. The van der Waals surface area contributed by atoms with Gasteiger partial charge in [-0.2, -0.15) is 5.10 Å². The van der Waals surface area contributed by atoms with Crippen LogP contribution in [0.4, 0.5) is 0 Å². The van der Waals surface area contributed by atoms with Crippen LogP contribution in [0.3, 0.4) is 0 Å². The molecule has 1 fully saturated rings. The van der Waals surface area contributed by atoms with Crippen molar-refractivity contribution >= 4 is 35.8 Å². The van der Waals surface area contributed by atoms with Crippen molar-refractivity contribution in [3.8, 4) is 0 Å². The highest BCUT2D eigenvalue weighted by Crippen LogP contribution is 2.26. The zero-order valence-corrected chi connectivity index (χ0v) is 20.1. The maximum Gasteiger partial charge on any atom is 0.244 e. The minimum Gasteiger partial charge on any atom is -0.357 e. The number of aryl methyl sites for hydroxylation is 1. The van der Waals surface area contributed by atoms with Crippen LogP contribution < -0.4 is 5.32 Å². The van der Waals surface area contributed by atoms with Crippen molar-refractivity contribution in [1.82, 2.24) is 24.9 Å². The van der Waals surface area contributed by atoms with Crippen LogP contribution in [0.5, 0.6) is 0 Å². The minimum atomic E-state index is 0. The molecule has 0 spiro atoms. The first-order chi connectivity index (χ1) is 14.1. The van der Waals surface area contributed by atoms with Crippen molar-refractivity contribution < 1.29 is 4.79 Å². The number of fused-ring (bicyclic) bond motifs is 1. The Kier molecular flexibility index (Phi) is 7.74. The average Bonchev–Trinajstić information content (AvgIpc) is 3.39. The molecule has 2 aliphatic heterocycles. The van der Waals surface area contributed by atoms with Gasteiger partial charge in [-0.1, -0.05) is 24.3 Å². The Balaban J connectivity index is 0.00000256. The van der Waals surface area contributed by atoms with Gasteiger partial charge in [-0.05, 0) is 36.5 Å². The number of hydrogen-bond acceptors (Lipinski definition) is 3. The number of carbonyl (C=O) groups is 1. The third-order valence-corrected chi connectivity index (χ3v) is 5.87. The quantitative estimate of drug-likeness (QED) is 0.381. The summed E-state index contributed by atoms with van der Waals surface area (Å²) in [6.45, 7) is 6.35. The van der Waals surface area contributed by atoms with E-state index in [2.05, 4.69) is 51.6 Å². The Morgan fingerprint density at radius 2 is 2.03 bits per heavy atom. The molecule has 30 heavy (non-hydrogen) atoms. The topological polar surface area (TPSA) is 65.8 Å². The number of aromatic nitrogens is 2. The molecule has 3 heterocycles. The van der Waals surface area contributed by atoms with Crippen LogP contribution in [0.15, 0.2) is 41.7 Å². The summed E-state index contributed by atoms with van der Waals surface area (Å²) in [5.74, 6) is 1.39. The van der Waals surface area contributed by atoms with Crippen molar-refractivity contribution in [2.45, 2.75) is 32.2 Å². The summed E-state index contributed by atoms with van der Waals surface area (Å²) in [6, 6.07) is 8.38. The molecule has 2 aliphatic rings. The summed E-state index contributed by atoms with van der Waals surface area (Å²) in [5.41, 5.74) is 3.88. The van der Waals surface area contributed by atoms with Crippen LogP contribution in [-0.2, 0) is 24.8 Å². The molecule has 1 aromatic heterocycles. The lowest BCUT2D eigenvalue weighted by molar-refractivity contribution is -0.130. The molecule has 0 aliphatic carbocycles. The van der Waals surface area contributed by atoms with Crippen molar-refractivity contribution in [2.24, 2.45) is 12.0 Å². The molecule has 1 saturated heterocycles. The van der Waals surface area contributed by atoms with Gasteiger partial charge in [-0.15, -0.1) is 24.0 Å². The van der Waals surface area contributed by atoms with E-state index < -0.39 is 0 Å². The Hall–Kier alpha value is -2.10. The molecule has 0 radical (unpaired) electrons. The Morgan fingerprint density at radius 3 is 2.77 bits per heavy atom. The fourth-order valence-electron chi connectivity index (χ4n) is 4.25. The first-order valence-corrected chi connectivity index (χ1v) is 10.5. The highest BCUT2D eigenvalue weighted by atomic mass is 127. The molecule has 0 bridgehead atoms. The lowest BCUT2D eigenvalue weighted by Crippen LogP contribution is -2.42. The maximum absolute atomic E-state index is 12.8. The first kappa shape index (κ1) is 22.6. The molecule has 7 nitrogen and oxygen atoms in total. The normalized spacial score (nSPS) is 18.7. The van der Waals surface area contributed by atoms with Crippen LogP contribution in [0.1, 0.15) is 36.0 Å². The summed E-state index contributed by atoms with van der Waals surface area (Å²) >= 11 is 0. The van der Waals surface area contributed by atoms with E-state index in [9.17, 15) is 4.79 Å². The van der Waals surface area contributed by atoms with E-state index in [4.69, 9.17) is 0 Å². The molecule has 2 aromatic rings. The standard InChI is InChI=1S/C22H30N6O.HI/c1-3-23-22(28-11-9-19(16-28)20-12-25-26(2)14-20)24-13-21(29)27-10-8-17-6-4-5-7-18(17)15-27;/h4-7,12,14,19H,3,8-11,13,15-16H2,1-2H3,(H,23,24);1H. The number of nitrogens with one attached hydrogen (secondary N) is 1. The van der Waals surface area contributed by atoms with Crippen LogP contribution >= 0.6 is 24.0 Å². The van der Waals surface area contributed by atoms with Gasteiger partial charge in [0.2, 0.25) is 5.91 Å². The molecular formula is C22H31IN6O. The summed E-state index contributed by atoms with van der Waals surface area (Å²) < 4.78 is 1.85. The molecular weight excluding hydrogens is 491 g/mol. The molecule has 1 N–H and O–H groups in total. The second kappa shape index (κ2) is 10.3. The summed E-state index contributed by atoms with van der Waals surface area (Å²) in [7, 11) is 1.95. The second-order valence-electron chi connectivity index (χ2n) is 7.88. The number of aliphatic imine (C=N–C) groups is 1. The van der Waals surface area contributed by atoms with Crippen molar-refractivity contribution in [3.05, 3.63) is 53.3 Å². The molecule has 162 valence electrons. The molecule has 0 saturated carbocycles. The monoisotopic (exact) mass is 522 g/mol. The average molecular weight is 522 g/mol. The summed E-state index contributed by atoms with van der Waals surface area (Å²) in [6.07, 6.45) is 6.05. The van der Waals surface area contributed by atoms with Crippen LogP contribution in [-0.4, -0.2) is 64.2 Å². The second-order valence-corrected chi connectivity index (χ2v) is 7.88. The van der Waals surface area contributed by atoms with Gasteiger partial charge in [0.15, 0.2) is 5.96 Å². The number of halogens is 1. The van der Waals surface area contributed by atoms with E-state index in [-0.39, 0.29) is 36.4 Å². The Bertz CT molecular complexity index is 895. The number of amides is 1. The van der Waals surface area contributed by atoms with E-state index >= 15 is 0 Å². The molecule has 8 heteroatoms. The van der Waals surface area contributed by atoms with Crippen molar-refractivity contribution in [1.29, 1.82) is 0 Å². The van der Waals surface area contributed by atoms with E-state index in [1.54, 1.807) is 0 Å². The van der Waals surface area contributed by atoms with Gasteiger partial charge in [-0.25, -0.2) is 4.99 Å². The van der Waals surface area contributed by atoms with Gasteiger partial charge < -0.3 is 15.1 Å². The van der Waals surface area contributed by atoms with Gasteiger partial charge in [0.05, 0.1) is 6.20 Å². The Morgan fingerprint density at radius 1 is 1.23 bits per heavy atom. The minimum absolute atomic E-state index is 0. The zero-order valence-electron chi connectivity index (χ0n) is 17.8. The van der Waals surface area contributed by atoms with Crippen LogP contribution in [0.2, 0.25) is 0 Å². The third kappa shape index (κ3) is 5.14. The fraction of sp³-hybridized carbons (Fsp3) is 0.500. The summed E-state index contributed by atoms with van der Waals surface area (Å²) in [4.78, 5) is 21.7. The van der Waals surface area contributed by atoms with Crippen molar-refractivity contribution in [3.63, 3.8) is 0 Å². The number of nitrogens with zero attached hydrogens (tertiary/aromatic N) is 5. The third-order valence-electron chi connectivity index (χ3n) is 5.87. The maximum atomic E-state index is 12.8. The van der Waals surface area contributed by atoms with Gasteiger partial charge in [-0.3, -0.25) is 9.48 Å². The predicted molar refractivity (Wildman–Crippen MR) is 129 cm³/mol. The first-order valence-electron chi connectivity index (χ1n) is 10.5. The van der Waals surface area contributed by atoms with E-state index in [0.717, 1.165) is 45.0 Å². The van der Waals surface area contributed by atoms with Crippen molar-refractivity contribution in [2.75, 3.05) is 32.7 Å². The van der Waals surface area contributed by atoms with Crippen LogP contribution in [0, 0.1) is 0 Å². The number of likely N-dealkylation sites (tertiary alicyclic amines) is 1. The lowest BCUT2D eigenvalue weighted by Gasteiger charge is -2.28. The molecule has 1 amide bonds. The van der Waals surface area contributed by atoms with Gasteiger partial charge in [0.1, 0.15) is 6.54 Å². The fourth-order valence-corrected chi connectivity index (χ4v) is 4.25. The van der Waals surface area contributed by atoms with Gasteiger partial charge in [0.25, 0.3) is 0 Å². The number of rotatable bonds is 4. The van der Waals surface area contributed by atoms with E-state index in [1.165, 1.54) is 16.7 Å². The smallest absolute Gasteiger partial charge is 0.244 e. The molecule has 1 unspecified atom stereocenters. The number of carbonyl (C=O) groups excluding carboxylic acids is 1. The van der Waals surface area contributed by atoms with Gasteiger partial charge in [0, 0.05) is 51.9 Å². The number of hydrogen-bond donors (Lipinski definition) is 1. The Labute approximate surface area is 195 Å². The molecule has 1 aromatic carbocycles. The van der Waals surface area contributed by atoms with Gasteiger partial charge >= 0.3 is 0 Å². The highest BCUT2D eigenvalue weighted by molar-refractivity contribution is 14.0.